The number of ketones is 1. The fourth-order valence-electron chi connectivity index (χ4n) is 4.61. The van der Waals surface area contributed by atoms with Crippen molar-refractivity contribution in [2.24, 2.45) is 11.3 Å². The van der Waals surface area contributed by atoms with Gasteiger partial charge in [-0.25, -0.2) is 0 Å². The van der Waals surface area contributed by atoms with Crippen LogP contribution >= 0.6 is 0 Å². The fourth-order valence-corrected chi connectivity index (χ4v) is 4.61. The topological polar surface area (TPSA) is 126 Å². The number of aliphatic hydroxyl groups excluding tert-OH is 4. The monoisotopic (exact) mass is 386 g/mol. The second-order valence-electron chi connectivity index (χ2n) is 8.55. The molecule has 0 unspecified atom stereocenters. The average Bonchev–Trinajstić information content (AvgIpc) is 2.75. The Kier molecular flexibility index (Phi) is 5.80. The van der Waals surface area contributed by atoms with Gasteiger partial charge in [0.25, 0.3) is 0 Å². The summed E-state index contributed by atoms with van der Waals surface area (Å²) >= 11 is 0. The standard InChI is InChI=1S/C19H30O8/c1-10(26-17-16(24)15(23)14(22)12(8-20)27-17)4-5-13-18(2)6-11(21)7-19(13,3)25-9-18/h4-5,10,12-17,20,22-24H,6-9H2,1-3H3/b5-4+/t10-,12+,13-,14+,15-,16+,17+,18+,19+/m1/s1. The maximum Gasteiger partial charge on any atom is 0.187 e. The molecule has 1 aliphatic carbocycles. The third-order valence-corrected chi connectivity index (χ3v) is 6.06. The van der Waals surface area contributed by atoms with Gasteiger partial charge in [-0.15, -0.1) is 0 Å². The highest BCUT2D eigenvalue weighted by Crippen LogP contribution is 2.53. The summed E-state index contributed by atoms with van der Waals surface area (Å²) in [6.45, 7) is 5.80. The van der Waals surface area contributed by atoms with Gasteiger partial charge in [0, 0.05) is 24.2 Å². The lowest BCUT2D eigenvalue weighted by atomic mass is 9.63. The van der Waals surface area contributed by atoms with E-state index in [1.165, 1.54) is 0 Å². The molecule has 2 bridgehead atoms. The van der Waals surface area contributed by atoms with Crippen molar-refractivity contribution in [1.29, 1.82) is 0 Å². The van der Waals surface area contributed by atoms with E-state index in [0.717, 1.165) is 0 Å². The van der Waals surface area contributed by atoms with E-state index in [1.54, 1.807) is 6.92 Å². The molecular weight excluding hydrogens is 356 g/mol. The number of Topliss-reactive ketones (excluding diaryl/α,β-unsaturated/α-hetero) is 1. The largest absolute Gasteiger partial charge is 0.394 e. The molecule has 3 aliphatic rings. The molecule has 1 saturated carbocycles. The molecule has 9 atom stereocenters. The predicted octanol–water partition coefficient (Wildman–Crippen LogP) is -0.478. The molecule has 4 N–H and O–H groups in total. The maximum absolute atomic E-state index is 12.0. The van der Waals surface area contributed by atoms with Gasteiger partial charge in [0.2, 0.25) is 0 Å². The highest BCUT2D eigenvalue weighted by molar-refractivity contribution is 5.82. The third-order valence-electron chi connectivity index (χ3n) is 6.06. The van der Waals surface area contributed by atoms with E-state index in [4.69, 9.17) is 14.2 Å². The molecule has 8 heteroatoms. The Morgan fingerprint density at radius 3 is 2.56 bits per heavy atom. The summed E-state index contributed by atoms with van der Waals surface area (Å²) < 4.78 is 17.0. The van der Waals surface area contributed by atoms with Crippen LogP contribution in [0.1, 0.15) is 33.6 Å². The molecule has 0 aromatic carbocycles. The molecule has 0 radical (unpaired) electrons. The Morgan fingerprint density at radius 1 is 1.22 bits per heavy atom. The third kappa shape index (κ3) is 3.85. The molecule has 3 fully saturated rings. The van der Waals surface area contributed by atoms with Crippen LogP contribution in [-0.2, 0) is 19.0 Å². The summed E-state index contributed by atoms with van der Waals surface area (Å²) in [4.78, 5) is 12.0. The number of hydrogen-bond acceptors (Lipinski definition) is 8. The smallest absolute Gasteiger partial charge is 0.187 e. The Morgan fingerprint density at radius 2 is 1.93 bits per heavy atom. The van der Waals surface area contributed by atoms with E-state index < -0.39 is 49.0 Å². The van der Waals surface area contributed by atoms with Gasteiger partial charge >= 0.3 is 0 Å². The normalized spacial score (nSPS) is 48.9. The van der Waals surface area contributed by atoms with Crippen LogP contribution in [0.5, 0.6) is 0 Å². The summed E-state index contributed by atoms with van der Waals surface area (Å²) in [7, 11) is 0. The first-order chi connectivity index (χ1) is 12.6. The first-order valence-corrected chi connectivity index (χ1v) is 9.39. The molecule has 0 aromatic rings. The van der Waals surface area contributed by atoms with E-state index in [-0.39, 0.29) is 17.1 Å². The molecule has 2 aliphatic heterocycles. The number of rotatable bonds is 5. The lowest BCUT2D eigenvalue weighted by Gasteiger charge is -2.41. The molecule has 154 valence electrons. The van der Waals surface area contributed by atoms with Gasteiger partial charge in [-0.3, -0.25) is 4.79 Å². The quantitative estimate of drug-likeness (QED) is 0.467. The van der Waals surface area contributed by atoms with Crippen LogP contribution in [0.25, 0.3) is 0 Å². The highest BCUT2D eigenvalue weighted by Gasteiger charge is 2.57. The number of carbonyl (C=O) groups excluding carboxylic acids is 1. The van der Waals surface area contributed by atoms with Crippen LogP contribution in [0.4, 0.5) is 0 Å². The molecule has 0 spiro atoms. The Bertz CT molecular complexity index is 570. The predicted molar refractivity (Wildman–Crippen MR) is 93.6 cm³/mol. The summed E-state index contributed by atoms with van der Waals surface area (Å²) in [5.74, 6) is 0.274. The maximum atomic E-state index is 12.0. The molecule has 0 aromatic heterocycles. The van der Waals surface area contributed by atoms with Gasteiger partial charge in [-0.05, 0) is 13.8 Å². The van der Waals surface area contributed by atoms with Crippen LogP contribution in [-0.4, -0.2) is 81.8 Å². The summed E-state index contributed by atoms with van der Waals surface area (Å²) in [5.41, 5.74) is -0.771. The van der Waals surface area contributed by atoms with Crippen LogP contribution < -0.4 is 0 Å². The van der Waals surface area contributed by atoms with E-state index in [0.29, 0.717) is 19.4 Å². The SMILES string of the molecule is C[C@H](/C=C/[C@@H]1[C@]2(C)CO[C@@]1(C)CC(=O)C2)O[C@H]1O[C@@H](CO)[C@H](O)[C@@H](O)[C@@H]1O. The molecule has 2 saturated heterocycles. The van der Waals surface area contributed by atoms with Crippen molar-refractivity contribution < 1.29 is 39.4 Å². The van der Waals surface area contributed by atoms with Gasteiger partial charge in [0.1, 0.15) is 30.2 Å². The second kappa shape index (κ2) is 7.51. The van der Waals surface area contributed by atoms with Crippen molar-refractivity contribution in [2.45, 2.75) is 76.0 Å². The zero-order valence-corrected chi connectivity index (χ0v) is 15.9. The van der Waals surface area contributed by atoms with Crippen LogP contribution in [0.15, 0.2) is 12.2 Å². The molecular formula is C19H30O8. The number of fused-ring (bicyclic) bond motifs is 2. The van der Waals surface area contributed by atoms with Gasteiger partial charge in [0.05, 0.1) is 24.9 Å². The van der Waals surface area contributed by atoms with E-state index in [9.17, 15) is 25.2 Å². The molecule has 27 heavy (non-hydrogen) atoms. The van der Waals surface area contributed by atoms with E-state index in [2.05, 4.69) is 0 Å². The first kappa shape index (κ1) is 20.9. The van der Waals surface area contributed by atoms with Crippen molar-refractivity contribution in [3.05, 3.63) is 12.2 Å². The van der Waals surface area contributed by atoms with Gasteiger partial charge < -0.3 is 34.6 Å². The number of aliphatic hydroxyl groups is 4. The van der Waals surface area contributed by atoms with Crippen LogP contribution in [0, 0.1) is 11.3 Å². The molecule has 8 nitrogen and oxygen atoms in total. The zero-order valence-electron chi connectivity index (χ0n) is 15.9. The summed E-state index contributed by atoms with van der Waals surface area (Å²) in [6, 6.07) is 0. The van der Waals surface area contributed by atoms with Crippen molar-refractivity contribution >= 4 is 5.78 Å². The Hall–Kier alpha value is -0.870. The van der Waals surface area contributed by atoms with Crippen molar-refractivity contribution in [3.8, 4) is 0 Å². The Balaban J connectivity index is 1.65. The first-order valence-electron chi connectivity index (χ1n) is 9.39. The minimum absolute atomic E-state index is 0.0588. The van der Waals surface area contributed by atoms with Gasteiger partial charge in [0.15, 0.2) is 6.29 Å². The molecule has 0 amide bonds. The van der Waals surface area contributed by atoms with Crippen molar-refractivity contribution in [3.63, 3.8) is 0 Å². The molecule has 3 rings (SSSR count). The zero-order chi connectivity index (χ0) is 20.0. The van der Waals surface area contributed by atoms with E-state index >= 15 is 0 Å². The van der Waals surface area contributed by atoms with Gasteiger partial charge in [-0.1, -0.05) is 19.1 Å². The second-order valence-corrected chi connectivity index (χ2v) is 8.55. The average molecular weight is 386 g/mol. The lowest BCUT2D eigenvalue weighted by molar-refractivity contribution is -0.306. The highest BCUT2D eigenvalue weighted by atomic mass is 16.7. The minimum atomic E-state index is -1.47. The number of carbonyl (C=O) groups is 1. The lowest BCUT2D eigenvalue weighted by Crippen LogP contribution is -2.59. The minimum Gasteiger partial charge on any atom is -0.394 e. The van der Waals surface area contributed by atoms with Crippen molar-refractivity contribution in [1.82, 2.24) is 0 Å². The van der Waals surface area contributed by atoms with Crippen molar-refractivity contribution in [2.75, 3.05) is 13.2 Å². The molecule has 2 heterocycles. The fraction of sp³-hybridized carbons (Fsp3) is 0.842. The van der Waals surface area contributed by atoms with Crippen LogP contribution in [0.2, 0.25) is 0 Å². The summed E-state index contributed by atoms with van der Waals surface area (Å²) in [5, 5.41) is 39.0. The van der Waals surface area contributed by atoms with Crippen LogP contribution in [0.3, 0.4) is 0 Å². The number of ether oxygens (including phenoxy) is 3. The van der Waals surface area contributed by atoms with Gasteiger partial charge in [-0.2, -0.15) is 0 Å². The summed E-state index contributed by atoms with van der Waals surface area (Å²) in [6.07, 6.45) is -2.26. The van der Waals surface area contributed by atoms with E-state index in [1.807, 2.05) is 26.0 Å². The Labute approximate surface area is 158 Å². The number of hydrogen-bond donors (Lipinski definition) is 4.